The van der Waals surface area contributed by atoms with Gasteiger partial charge < -0.3 is 10.2 Å². The van der Waals surface area contributed by atoms with Gasteiger partial charge in [-0.1, -0.05) is 6.92 Å². The molecule has 0 saturated carbocycles. The van der Waals surface area contributed by atoms with E-state index in [-0.39, 0.29) is 0 Å². The molecule has 0 aromatic heterocycles. The fourth-order valence-electron chi connectivity index (χ4n) is 2.22. The summed E-state index contributed by atoms with van der Waals surface area (Å²) in [5.74, 6) is 0.887. The Kier molecular flexibility index (Phi) is 5.49. The van der Waals surface area contributed by atoms with E-state index in [9.17, 15) is 0 Å². The van der Waals surface area contributed by atoms with Gasteiger partial charge in [0.05, 0.1) is 0 Å². The monoisotopic (exact) mass is 198 g/mol. The Hall–Kier alpha value is -0.0800. The van der Waals surface area contributed by atoms with Crippen LogP contribution in [-0.2, 0) is 0 Å². The minimum absolute atomic E-state index is 0.726. The maximum absolute atomic E-state index is 3.54. The van der Waals surface area contributed by atoms with E-state index in [2.05, 4.69) is 31.0 Å². The number of piperidine rings is 1. The SMILES string of the molecule is CCCNCC1CCCN(C(C)C)C1. The molecule has 14 heavy (non-hydrogen) atoms. The molecule has 1 heterocycles. The maximum Gasteiger partial charge on any atom is 0.00387 e. The van der Waals surface area contributed by atoms with Gasteiger partial charge in [0.25, 0.3) is 0 Å². The van der Waals surface area contributed by atoms with Crippen LogP contribution in [0, 0.1) is 5.92 Å². The number of likely N-dealkylation sites (tertiary alicyclic amines) is 1. The highest BCUT2D eigenvalue weighted by atomic mass is 15.2. The van der Waals surface area contributed by atoms with E-state index in [4.69, 9.17) is 0 Å². The lowest BCUT2D eigenvalue weighted by Crippen LogP contribution is -2.43. The average Bonchev–Trinajstić information content (AvgIpc) is 2.19. The molecule has 2 heteroatoms. The second kappa shape index (κ2) is 6.41. The van der Waals surface area contributed by atoms with Gasteiger partial charge in [0, 0.05) is 12.6 Å². The largest absolute Gasteiger partial charge is 0.316 e. The van der Waals surface area contributed by atoms with Gasteiger partial charge in [0.2, 0.25) is 0 Å². The minimum atomic E-state index is 0.726. The molecule has 0 amide bonds. The molecule has 84 valence electrons. The van der Waals surface area contributed by atoms with Gasteiger partial charge in [0.1, 0.15) is 0 Å². The zero-order chi connectivity index (χ0) is 10.4. The number of rotatable bonds is 5. The second-order valence-electron chi connectivity index (χ2n) is 4.80. The molecule has 1 aliphatic rings. The smallest absolute Gasteiger partial charge is 0.00387 e. The molecule has 1 N–H and O–H groups in total. The first-order valence-corrected chi connectivity index (χ1v) is 6.18. The molecule has 0 radical (unpaired) electrons. The molecule has 0 aromatic carbocycles. The maximum atomic E-state index is 3.54. The van der Waals surface area contributed by atoms with Gasteiger partial charge in [-0.3, -0.25) is 0 Å². The van der Waals surface area contributed by atoms with Crippen molar-refractivity contribution < 1.29 is 0 Å². The lowest BCUT2D eigenvalue weighted by Gasteiger charge is -2.35. The van der Waals surface area contributed by atoms with E-state index in [0.717, 1.165) is 12.0 Å². The Bertz CT molecular complexity index is 145. The summed E-state index contributed by atoms with van der Waals surface area (Å²) in [6.07, 6.45) is 4.05. The van der Waals surface area contributed by atoms with E-state index >= 15 is 0 Å². The Balaban J connectivity index is 2.19. The van der Waals surface area contributed by atoms with Crippen LogP contribution in [-0.4, -0.2) is 37.1 Å². The first kappa shape index (κ1) is 12.0. The number of hydrogen-bond acceptors (Lipinski definition) is 2. The molecule has 1 rings (SSSR count). The van der Waals surface area contributed by atoms with Crippen molar-refractivity contribution in [3.8, 4) is 0 Å². The fraction of sp³-hybridized carbons (Fsp3) is 1.00. The van der Waals surface area contributed by atoms with Gasteiger partial charge in [0.15, 0.2) is 0 Å². The first-order chi connectivity index (χ1) is 6.74. The van der Waals surface area contributed by atoms with Gasteiger partial charge in [-0.05, 0) is 58.7 Å². The molecule has 1 aliphatic heterocycles. The normalized spacial score (nSPS) is 24.4. The lowest BCUT2D eigenvalue weighted by molar-refractivity contribution is 0.139. The van der Waals surface area contributed by atoms with Crippen LogP contribution >= 0.6 is 0 Å². The Morgan fingerprint density at radius 2 is 2.21 bits per heavy atom. The van der Waals surface area contributed by atoms with E-state index in [1.165, 1.54) is 45.4 Å². The average molecular weight is 198 g/mol. The number of nitrogens with one attached hydrogen (secondary N) is 1. The zero-order valence-electron chi connectivity index (χ0n) is 10.1. The van der Waals surface area contributed by atoms with Crippen molar-refractivity contribution in [1.29, 1.82) is 0 Å². The van der Waals surface area contributed by atoms with Crippen molar-refractivity contribution in [2.75, 3.05) is 26.2 Å². The summed E-state index contributed by atoms with van der Waals surface area (Å²) in [7, 11) is 0. The third-order valence-electron chi connectivity index (χ3n) is 3.14. The van der Waals surface area contributed by atoms with Crippen LogP contribution in [0.25, 0.3) is 0 Å². The van der Waals surface area contributed by atoms with Crippen molar-refractivity contribution >= 4 is 0 Å². The van der Waals surface area contributed by atoms with Crippen LogP contribution in [0.1, 0.15) is 40.0 Å². The van der Waals surface area contributed by atoms with Gasteiger partial charge >= 0.3 is 0 Å². The molecule has 1 fully saturated rings. The summed E-state index contributed by atoms with van der Waals surface area (Å²) < 4.78 is 0. The molecule has 0 spiro atoms. The quantitative estimate of drug-likeness (QED) is 0.681. The van der Waals surface area contributed by atoms with Crippen LogP contribution < -0.4 is 5.32 Å². The predicted molar refractivity (Wildman–Crippen MR) is 62.6 cm³/mol. The van der Waals surface area contributed by atoms with Crippen LogP contribution in [0.4, 0.5) is 0 Å². The second-order valence-corrected chi connectivity index (χ2v) is 4.80. The summed E-state index contributed by atoms with van der Waals surface area (Å²) in [5.41, 5.74) is 0. The number of hydrogen-bond donors (Lipinski definition) is 1. The van der Waals surface area contributed by atoms with Crippen molar-refractivity contribution in [3.63, 3.8) is 0 Å². The van der Waals surface area contributed by atoms with Crippen molar-refractivity contribution in [1.82, 2.24) is 10.2 Å². The topological polar surface area (TPSA) is 15.3 Å². The van der Waals surface area contributed by atoms with Crippen LogP contribution in [0.5, 0.6) is 0 Å². The van der Waals surface area contributed by atoms with Gasteiger partial charge in [-0.15, -0.1) is 0 Å². The molecular formula is C12H26N2. The molecule has 1 atom stereocenters. The molecule has 0 bridgehead atoms. The zero-order valence-corrected chi connectivity index (χ0v) is 10.1. The van der Waals surface area contributed by atoms with E-state index in [0.29, 0.717) is 0 Å². The van der Waals surface area contributed by atoms with Gasteiger partial charge in [-0.25, -0.2) is 0 Å². The highest BCUT2D eigenvalue weighted by Crippen LogP contribution is 2.17. The van der Waals surface area contributed by atoms with Gasteiger partial charge in [-0.2, -0.15) is 0 Å². The summed E-state index contributed by atoms with van der Waals surface area (Å²) in [5, 5.41) is 3.54. The highest BCUT2D eigenvalue weighted by molar-refractivity contribution is 4.76. The van der Waals surface area contributed by atoms with Crippen molar-refractivity contribution in [3.05, 3.63) is 0 Å². The standard InChI is InChI=1S/C12H26N2/c1-4-7-13-9-12-6-5-8-14(10-12)11(2)3/h11-13H,4-10H2,1-3H3. The fourth-order valence-corrected chi connectivity index (χ4v) is 2.22. The third-order valence-corrected chi connectivity index (χ3v) is 3.14. The van der Waals surface area contributed by atoms with E-state index < -0.39 is 0 Å². The highest BCUT2D eigenvalue weighted by Gasteiger charge is 2.20. The van der Waals surface area contributed by atoms with Crippen molar-refractivity contribution in [2.45, 2.75) is 46.1 Å². The first-order valence-electron chi connectivity index (χ1n) is 6.18. The summed E-state index contributed by atoms with van der Waals surface area (Å²) in [6, 6.07) is 0.726. The molecule has 0 aromatic rings. The number of nitrogens with zero attached hydrogens (tertiary/aromatic N) is 1. The Morgan fingerprint density at radius 1 is 1.43 bits per heavy atom. The Morgan fingerprint density at radius 3 is 2.86 bits per heavy atom. The van der Waals surface area contributed by atoms with Crippen LogP contribution in [0.15, 0.2) is 0 Å². The summed E-state index contributed by atoms with van der Waals surface area (Å²) in [4.78, 5) is 2.61. The molecular weight excluding hydrogens is 172 g/mol. The predicted octanol–water partition coefficient (Wildman–Crippen LogP) is 2.11. The lowest BCUT2D eigenvalue weighted by atomic mass is 9.97. The molecule has 0 aliphatic carbocycles. The summed E-state index contributed by atoms with van der Waals surface area (Å²) in [6.45, 7) is 11.9. The van der Waals surface area contributed by atoms with E-state index in [1.807, 2.05) is 0 Å². The molecule has 2 nitrogen and oxygen atoms in total. The van der Waals surface area contributed by atoms with Crippen LogP contribution in [0.3, 0.4) is 0 Å². The third kappa shape index (κ3) is 3.97. The Labute approximate surface area is 89.1 Å². The summed E-state index contributed by atoms with van der Waals surface area (Å²) >= 11 is 0. The molecule has 1 unspecified atom stereocenters. The minimum Gasteiger partial charge on any atom is -0.316 e. The van der Waals surface area contributed by atoms with Crippen molar-refractivity contribution in [2.24, 2.45) is 5.92 Å². The molecule has 1 saturated heterocycles. The van der Waals surface area contributed by atoms with Crippen LogP contribution in [0.2, 0.25) is 0 Å². The van der Waals surface area contributed by atoms with E-state index in [1.54, 1.807) is 0 Å².